The normalized spacial score (nSPS) is 13.4. The third-order valence-electron chi connectivity index (χ3n) is 3.49. The molecule has 2 atom stereocenters. The van der Waals surface area contributed by atoms with Gasteiger partial charge in [0.15, 0.2) is 11.5 Å². The first-order chi connectivity index (χ1) is 10.0. The summed E-state index contributed by atoms with van der Waals surface area (Å²) in [6.07, 6.45) is 0.839. The zero-order chi connectivity index (χ0) is 15.8. The second-order valence-electron chi connectivity index (χ2n) is 5.11. The van der Waals surface area contributed by atoms with E-state index in [9.17, 15) is 4.79 Å². The molecule has 1 amide bonds. The summed E-state index contributed by atoms with van der Waals surface area (Å²) < 4.78 is 11.2. The zero-order valence-electron chi connectivity index (χ0n) is 13.7. The van der Waals surface area contributed by atoms with Crippen LogP contribution in [-0.2, 0) is 4.79 Å². The lowest BCUT2D eigenvalue weighted by atomic mass is 10.0. The van der Waals surface area contributed by atoms with Crippen LogP contribution < -0.4 is 14.8 Å². The van der Waals surface area contributed by atoms with E-state index < -0.39 is 0 Å². The van der Waals surface area contributed by atoms with Gasteiger partial charge in [-0.1, -0.05) is 19.9 Å². The van der Waals surface area contributed by atoms with E-state index >= 15 is 0 Å². The van der Waals surface area contributed by atoms with Gasteiger partial charge < -0.3 is 14.8 Å². The first-order valence-corrected chi connectivity index (χ1v) is 7.73. The quantitative estimate of drug-likeness (QED) is 0.795. The maximum atomic E-state index is 12.0. The monoisotopic (exact) mass is 293 g/mol. The van der Waals surface area contributed by atoms with Crippen LogP contribution in [0.3, 0.4) is 0 Å². The van der Waals surface area contributed by atoms with Crippen LogP contribution in [0.5, 0.6) is 11.5 Å². The van der Waals surface area contributed by atoms with Crippen molar-refractivity contribution in [2.75, 3.05) is 13.2 Å². The minimum absolute atomic E-state index is 0.0292. The predicted molar refractivity (Wildman–Crippen MR) is 84.8 cm³/mol. The third kappa shape index (κ3) is 4.96. The molecule has 1 aromatic rings. The van der Waals surface area contributed by atoms with E-state index in [1.165, 1.54) is 0 Å². The molecule has 4 nitrogen and oxygen atoms in total. The van der Waals surface area contributed by atoms with Crippen molar-refractivity contribution in [3.63, 3.8) is 0 Å². The van der Waals surface area contributed by atoms with Crippen molar-refractivity contribution < 1.29 is 14.3 Å². The molecule has 0 spiro atoms. The lowest BCUT2D eigenvalue weighted by molar-refractivity contribution is -0.125. The molecule has 118 valence electrons. The average molecular weight is 293 g/mol. The Morgan fingerprint density at radius 3 is 2.29 bits per heavy atom. The highest BCUT2D eigenvalue weighted by atomic mass is 16.5. The number of amides is 1. The van der Waals surface area contributed by atoms with E-state index in [-0.39, 0.29) is 17.9 Å². The van der Waals surface area contributed by atoms with Crippen LogP contribution in [0.2, 0.25) is 0 Å². The van der Waals surface area contributed by atoms with Gasteiger partial charge in [-0.2, -0.15) is 0 Å². The van der Waals surface area contributed by atoms with E-state index in [4.69, 9.17) is 9.47 Å². The highest BCUT2D eigenvalue weighted by Gasteiger charge is 2.16. The number of carbonyl (C=O) groups is 1. The van der Waals surface area contributed by atoms with Gasteiger partial charge in [-0.3, -0.25) is 4.79 Å². The molecular weight excluding hydrogens is 266 g/mol. The standard InChI is InChI=1S/C17H27NO3/c1-6-12(4)17(19)18-13(5)14-9-10-15(20-7-2)16(11-14)21-8-3/h9-13H,6-8H2,1-5H3,(H,18,19). The lowest BCUT2D eigenvalue weighted by Crippen LogP contribution is -2.31. The zero-order valence-corrected chi connectivity index (χ0v) is 13.7. The summed E-state index contributed by atoms with van der Waals surface area (Å²) in [5.74, 6) is 1.57. The number of rotatable bonds is 8. The van der Waals surface area contributed by atoms with Crippen molar-refractivity contribution in [1.82, 2.24) is 5.32 Å². The molecule has 0 radical (unpaired) electrons. The number of hydrogen-bond donors (Lipinski definition) is 1. The molecule has 0 aliphatic rings. The number of ether oxygens (including phenoxy) is 2. The second-order valence-corrected chi connectivity index (χ2v) is 5.11. The largest absolute Gasteiger partial charge is 0.490 e. The summed E-state index contributed by atoms with van der Waals surface area (Å²) in [5, 5.41) is 3.03. The van der Waals surface area contributed by atoms with Crippen LogP contribution in [0.25, 0.3) is 0 Å². The van der Waals surface area contributed by atoms with E-state index in [1.807, 2.05) is 52.8 Å². The van der Waals surface area contributed by atoms with Gasteiger partial charge in [0.1, 0.15) is 0 Å². The van der Waals surface area contributed by atoms with Crippen molar-refractivity contribution in [3.8, 4) is 11.5 Å². The van der Waals surface area contributed by atoms with Gasteiger partial charge in [-0.25, -0.2) is 0 Å². The van der Waals surface area contributed by atoms with Gasteiger partial charge in [-0.05, 0) is 44.9 Å². The topological polar surface area (TPSA) is 47.6 Å². The Hall–Kier alpha value is -1.71. The van der Waals surface area contributed by atoms with Crippen LogP contribution >= 0.6 is 0 Å². The lowest BCUT2D eigenvalue weighted by Gasteiger charge is -2.19. The fourth-order valence-electron chi connectivity index (χ4n) is 1.96. The molecule has 0 bridgehead atoms. The Morgan fingerprint density at radius 2 is 1.71 bits per heavy atom. The molecule has 1 rings (SSSR count). The van der Waals surface area contributed by atoms with Gasteiger partial charge in [-0.15, -0.1) is 0 Å². The van der Waals surface area contributed by atoms with Crippen LogP contribution in [-0.4, -0.2) is 19.1 Å². The Morgan fingerprint density at radius 1 is 1.10 bits per heavy atom. The first kappa shape index (κ1) is 17.3. The Labute approximate surface area is 127 Å². The van der Waals surface area contributed by atoms with Crippen LogP contribution in [0, 0.1) is 5.92 Å². The number of hydrogen-bond acceptors (Lipinski definition) is 3. The summed E-state index contributed by atoms with van der Waals surface area (Å²) in [4.78, 5) is 12.0. The van der Waals surface area contributed by atoms with E-state index in [1.54, 1.807) is 0 Å². The molecule has 0 aliphatic carbocycles. The van der Waals surface area contributed by atoms with Gasteiger partial charge in [0, 0.05) is 5.92 Å². The maximum Gasteiger partial charge on any atom is 0.223 e. The number of nitrogens with one attached hydrogen (secondary N) is 1. The van der Waals surface area contributed by atoms with Gasteiger partial charge in [0.25, 0.3) is 0 Å². The highest BCUT2D eigenvalue weighted by Crippen LogP contribution is 2.30. The molecule has 4 heteroatoms. The fourth-order valence-corrected chi connectivity index (χ4v) is 1.96. The van der Waals surface area contributed by atoms with E-state index in [0.29, 0.717) is 13.2 Å². The van der Waals surface area contributed by atoms with Gasteiger partial charge in [0.05, 0.1) is 19.3 Å². The highest BCUT2D eigenvalue weighted by molar-refractivity contribution is 5.78. The molecular formula is C17H27NO3. The molecule has 0 saturated carbocycles. The molecule has 1 N–H and O–H groups in total. The summed E-state index contributed by atoms with van der Waals surface area (Å²) in [6.45, 7) is 11.0. The summed E-state index contributed by atoms with van der Waals surface area (Å²) in [7, 11) is 0. The molecule has 0 heterocycles. The van der Waals surface area contributed by atoms with Crippen LogP contribution in [0.1, 0.15) is 52.6 Å². The number of carbonyl (C=O) groups excluding carboxylic acids is 1. The van der Waals surface area contributed by atoms with Crippen molar-refractivity contribution in [2.45, 2.75) is 47.1 Å². The van der Waals surface area contributed by atoms with Crippen molar-refractivity contribution in [1.29, 1.82) is 0 Å². The van der Waals surface area contributed by atoms with Crippen molar-refractivity contribution in [2.24, 2.45) is 5.92 Å². The predicted octanol–water partition coefficient (Wildman–Crippen LogP) is 3.71. The second kappa shape index (κ2) is 8.55. The maximum absolute atomic E-state index is 12.0. The van der Waals surface area contributed by atoms with Crippen LogP contribution in [0.15, 0.2) is 18.2 Å². The summed E-state index contributed by atoms with van der Waals surface area (Å²) in [5.41, 5.74) is 1.01. The molecule has 21 heavy (non-hydrogen) atoms. The first-order valence-electron chi connectivity index (χ1n) is 7.73. The fraction of sp³-hybridized carbons (Fsp3) is 0.588. The minimum atomic E-state index is -0.0543. The molecule has 2 unspecified atom stereocenters. The minimum Gasteiger partial charge on any atom is -0.490 e. The smallest absolute Gasteiger partial charge is 0.223 e. The molecule has 0 saturated heterocycles. The molecule has 0 fully saturated rings. The van der Waals surface area contributed by atoms with E-state index in [2.05, 4.69) is 5.32 Å². The average Bonchev–Trinajstić information content (AvgIpc) is 2.48. The Bertz CT molecular complexity index is 459. The van der Waals surface area contributed by atoms with Crippen molar-refractivity contribution in [3.05, 3.63) is 23.8 Å². The van der Waals surface area contributed by atoms with Gasteiger partial charge >= 0.3 is 0 Å². The molecule has 0 aliphatic heterocycles. The molecule has 0 aromatic heterocycles. The Kier molecular flexibility index (Phi) is 7.06. The van der Waals surface area contributed by atoms with E-state index in [0.717, 1.165) is 23.5 Å². The van der Waals surface area contributed by atoms with Crippen LogP contribution in [0.4, 0.5) is 0 Å². The summed E-state index contributed by atoms with van der Waals surface area (Å²) >= 11 is 0. The Balaban J connectivity index is 2.86. The van der Waals surface area contributed by atoms with Crippen molar-refractivity contribution >= 4 is 5.91 Å². The van der Waals surface area contributed by atoms with Gasteiger partial charge in [0.2, 0.25) is 5.91 Å². The molecule has 1 aromatic carbocycles. The summed E-state index contributed by atoms with van der Waals surface area (Å²) in [6, 6.07) is 5.75. The SMILES string of the molecule is CCOc1ccc(C(C)NC(=O)C(C)CC)cc1OCC. The number of benzene rings is 1. The third-order valence-corrected chi connectivity index (χ3v) is 3.49.